The van der Waals surface area contributed by atoms with Crippen LogP contribution >= 0.6 is 0 Å². The maximum atomic E-state index is 13.5. The second-order valence-corrected chi connectivity index (χ2v) is 8.08. The highest BCUT2D eigenvalue weighted by Crippen LogP contribution is 2.36. The van der Waals surface area contributed by atoms with Crippen molar-refractivity contribution >= 4 is 36.0 Å². The average molecular weight is 463 g/mol. The number of anilines is 1. The largest absolute Gasteiger partial charge is 0.381 e. The number of carbonyl (C=O) groups excluding carboxylic acids is 2. The van der Waals surface area contributed by atoms with Gasteiger partial charge in [-0.3, -0.25) is 25.3 Å². The predicted molar refractivity (Wildman–Crippen MR) is 129 cm³/mol. The van der Waals surface area contributed by atoms with Gasteiger partial charge < -0.3 is 21.5 Å². The number of nitrogens with zero attached hydrogens (tertiary/aromatic N) is 4. The number of nitrogens with two attached hydrogens (primary N) is 3. The Kier molecular flexibility index (Phi) is 6.75. The fourth-order valence-electron chi connectivity index (χ4n) is 4.01. The van der Waals surface area contributed by atoms with E-state index in [1.165, 1.54) is 18.3 Å². The van der Waals surface area contributed by atoms with Crippen molar-refractivity contribution in [1.29, 1.82) is 0 Å². The molecule has 0 spiro atoms. The minimum atomic E-state index is -0.775. The number of carbonyl (C=O) groups is 2. The molecule has 0 bridgehead atoms. The Morgan fingerprint density at radius 1 is 1.03 bits per heavy atom. The van der Waals surface area contributed by atoms with Gasteiger partial charge in [-0.25, -0.2) is 4.98 Å². The quantitative estimate of drug-likeness (QED) is 0.371. The summed E-state index contributed by atoms with van der Waals surface area (Å²) in [5.74, 6) is -0.869. The molecular formula is C23H26N8O3. The summed E-state index contributed by atoms with van der Waals surface area (Å²) in [5.41, 5.74) is 17.5. The summed E-state index contributed by atoms with van der Waals surface area (Å²) in [4.78, 5) is 41.4. The van der Waals surface area contributed by atoms with Crippen molar-refractivity contribution < 1.29 is 14.3 Å². The van der Waals surface area contributed by atoms with E-state index in [0.29, 0.717) is 31.9 Å². The molecule has 1 saturated heterocycles. The maximum absolute atomic E-state index is 13.5. The Labute approximate surface area is 196 Å². The lowest BCUT2D eigenvalue weighted by atomic mass is 9.73. The Morgan fingerprint density at radius 2 is 1.71 bits per heavy atom. The van der Waals surface area contributed by atoms with Crippen LogP contribution < -0.4 is 22.5 Å². The molecule has 176 valence electrons. The van der Waals surface area contributed by atoms with Gasteiger partial charge in [-0.05, 0) is 36.1 Å². The molecule has 1 aromatic carbocycles. The molecule has 34 heavy (non-hydrogen) atoms. The molecule has 11 nitrogen and oxygen atoms in total. The SMILES string of the molecule is NC(N)=NC(=O)c1ccc(NC(=O)C2(c3ccc(C4C=NC(N)N=C4)cc3)CCOCC2)nc1. The lowest BCUT2D eigenvalue weighted by Crippen LogP contribution is -2.45. The van der Waals surface area contributed by atoms with Crippen LogP contribution in [0.25, 0.3) is 0 Å². The normalized spacial score (nSPS) is 21.0. The maximum Gasteiger partial charge on any atom is 0.281 e. The number of rotatable bonds is 5. The summed E-state index contributed by atoms with van der Waals surface area (Å²) in [6.45, 7) is 0.933. The zero-order valence-electron chi connectivity index (χ0n) is 18.4. The molecular weight excluding hydrogens is 436 g/mol. The number of guanidine groups is 1. The second kappa shape index (κ2) is 9.89. The average Bonchev–Trinajstić information content (AvgIpc) is 2.85. The summed E-state index contributed by atoms with van der Waals surface area (Å²) in [6, 6.07) is 10.9. The molecule has 0 unspecified atom stereocenters. The number of benzene rings is 1. The van der Waals surface area contributed by atoms with Crippen LogP contribution in [0.2, 0.25) is 0 Å². The highest BCUT2D eigenvalue weighted by atomic mass is 16.5. The molecule has 1 fully saturated rings. The zero-order chi connectivity index (χ0) is 24.1. The van der Waals surface area contributed by atoms with Crippen molar-refractivity contribution in [3.8, 4) is 0 Å². The minimum Gasteiger partial charge on any atom is -0.381 e. The van der Waals surface area contributed by atoms with Gasteiger partial charge in [-0.2, -0.15) is 4.99 Å². The molecule has 2 aliphatic rings. The molecule has 2 amide bonds. The van der Waals surface area contributed by atoms with E-state index in [0.717, 1.165) is 11.1 Å². The predicted octanol–water partition coefficient (Wildman–Crippen LogP) is 0.663. The van der Waals surface area contributed by atoms with Gasteiger partial charge in [0.2, 0.25) is 5.91 Å². The Balaban J connectivity index is 1.54. The number of hydrogen-bond acceptors (Lipinski definition) is 7. The van der Waals surface area contributed by atoms with E-state index in [2.05, 4.69) is 25.3 Å². The summed E-state index contributed by atoms with van der Waals surface area (Å²) >= 11 is 0. The molecule has 2 aliphatic heterocycles. The number of ether oxygens (including phenoxy) is 1. The highest BCUT2D eigenvalue weighted by molar-refractivity contribution is 6.02. The second-order valence-electron chi connectivity index (χ2n) is 8.08. The van der Waals surface area contributed by atoms with Gasteiger partial charge in [-0.15, -0.1) is 0 Å². The smallest absolute Gasteiger partial charge is 0.281 e. The number of hydrogen-bond donors (Lipinski definition) is 4. The third-order valence-electron chi connectivity index (χ3n) is 5.91. The lowest BCUT2D eigenvalue weighted by molar-refractivity contribution is -0.125. The lowest BCUT2D eigenvalue weighted by Gasteiger charge is -2.36. The third kappa shape index (κ3) is 5.00. The van der Waals surface area contributed by atoms with Crippen LogP contribution in [0.5, 0.6) is 0 Å². The zero-order valence-corrected chi connectivity index (χ0v) is 18.4. The van der Waals surface area contributed by atoms with Crippen molar-refractivity contribution in [2.24, 2.45) is 32.2 Å². The Morgan fingerprint density at radius 3 is 2.29 bits per heavy atom. The molecule has 0 atom stereocenters. The molecule has 0 radical (unpaired) electrons. The van der Waals surface area contributed by atoms with Gasteiger partial charge in [-0.1, -0.05) is 24.3 Å². The summed E-state index contributed by atoms with van der Waals surface area (Å²) in [6.07, 6.45) is 5.38. The van der Waals surface area contributed by atoms with Gasteiger partial charge in [0.15, 0.2) is 12.2 Å². The van der Waals surface area contributed by atoms with Gasteiger partial charge in [0, 0.05) is 31.8 Å². The molecule has 1 aromatic heterocycles. The number of aliphatic imine (C=N–C) groups is 3. The summed E-state index contributed by atoms with van der Waals surface area (Å²) in [7, 11) is 0. The fourth-order valence-corrected chi connectivity index (χ4v) is 4.01. The number of aromatic nitrogens is 1. The topological polar surface area (TPSA) is 183 Å². The van der Waals surface area contributed by atoms with E-state index in [1.54, 1.807) is 12.4 Å². The molecule has 4 rings (SSSR count). The van der Waals surface area contributed by atoms with E-state index in [1.807, 2.05) is 24.3 Å². The van der Waals surface area contributed by atoms with Gasteiger partial charge in [0.05, 0.1) is 16.9 Å². The first kappa shape index (κ1) is 23.2. The first-order valence-electron chi connectivity index (χ1n) is 10.8. The van der Waals surface area contributed by atoms with Crippen molar-refractivity contribution in [2.45, 2.75) is 30.5 Å². The van der Waals surface area contributed by atoms with Crippen molar-refractivity contribution in [3.63, 3.8) is 0 Å². The van der Waals surface area contributed by atoms with Crippen LogP contribution in [0.15, 0.2) is 57.6 Å². The summed E-state index contributed by atoms with van der Waals surface area (Å²) < 4.78 is 5.54. The molecule has 11 heteroatoms. The van der Waals surface area contributed by atoms with Crippen LogP contribution in [0.3, 0.4) is 0 Å². The van der Waals surface area contributed by atoms with E-state index < -0.39 is 17.6 Å². The van der Waals surface area contributed by atoms with E-state index >= 15 is 0 Å². The molecule has 3 heterocycles. The van der Waals surface area contributed by atoms with Crippen molar-refractivity contribution in [3.05, 3.63) is 59.3 Å². The minimum absolute atomic E-state index is 0.0577. The van der Waals surface area contributed by atoms with Crippen LogP contribution in [0.4, 0.5) is 5.82 Å². The van der Waals surface area contributed by atoms with Crippen LogP contribution in [-0.4, -0.2) is 54.7 Å². The molecule has 0 saturated carbocycles. The Hall–Kier alpha value is -3.96. The number of amides is 2. The monoisotopic (exact) mass is 462 g/mol. The molecule has 0 aliphatic carbocycles. The van der Waals surface area contributed by atoms with Crippen molar-refractivity contribution in [2.75, 3.05) is 18.5 Å². The number of pyridine rings is 1. The number of nitrogens with one attached hydrogen (secondary N) is 1. The van der Waals surface area contributed by atoms with Crippen molar-refractivity contribution in [1.82, 2.24) is 4.98 Å². The van der Waals surface area contributed by atoms with Gasteiger partial charge >= 0.3 is 0 Å². The van der Waals surface area contributed by atoms with E-state index in [4.69, 9.17) is 21.9 Å². The Bertz CT molecular complexity index is 1120. The highest BCUT2D eigenvalue weighted by Gasteiger charge is 2.42. The standard InChI is InChI=1S/C23H26N8O3/c24-21(25)31-19(32)15-3-6-18(27-11-15)30-20(33)23(7-9-34-10-8-23)17-4-1-14(2-5-17)16-12-28-22(26)29-13-16/h1-6,11-13,16,22H,7-10,26H2,(H,27,30,33)(H4,24,25,31,32). The molecule has 2 aromatic rings. The van der Waals surface area contributed by atoms with E-state index in [9.17, 15) is 9.59 Å². The third-order valence-corrected chi connectivity index (χ3v) is 5.91. The van der Waals surface area contributed by atoms with Gasteiger partial charge in [0.25, 0.3) is 5.91 Å². The first-order valence-corrected chi connectivity index (χ1v) is 10.8. The fraction of sp³-hybridized carbons (Fsp3) is 0.304. The summed E-state index contributed by atoms with van der Waals surface area (Å²) in [5, 5.41) is 2.88. The first-order chi connectivity index (χ1) is 16.4. The van der Waals surface area contributed by atoms with Gasteiger partial charge in [0.1, 0.15) is 5.82 Å². The van der Waals surface area contributed by atoms with Crippen LogP contribution in [0, 0.1) is 0 Å². The van der Waals surface area contributed by atoms with E-state index in [-0.39, 0.29) is 23.3 Å². The van der Waals surface area contributed by atoms with Crippen LogP contribution in [-0.2, 0) is 14.9 Å². The van der Waals surface area contributed by atoms with Crippen LogP contribution in [0.1, 0.15) is 40.2 Å². The molecule has 7 N–H and O–H groups in total.